The van der Waals surface area contributed by atoms with Gasteiger partial charge in [-0.2, -0.15) is 0 Å². The third-order valence-electron chi connectivity index (χ3n) is 2.49. The van der Waals surface area contributed by atoms with Crippen LogP contribution in [-0.4, -0.2) is 34.4 Å². The highest BCUT2D eigenvalue weighted by atomic mass is 32.2. The fraction of sp³-hybridized carbons (Fsp3) is 0.154. The van der Waals surface area contributed by atoms with Gasteiger partial charge in [-0.05, 0) is 36.6 Å². The minimum absolute atomic E-state index is 0.00910. The number of carbonyl (C=O) groups is 1. The van der Waals surface area contributed by atoms with E-state index in [4.69, 9.17) is 9.84 Å². The Labute approximate surface area is 114 Å². The average Bonchev–Trinajstić information content (AvgIpc) is 2.46. The first-order valence-electron chi connectivity index (χ1n) is 5.45. The lowest BCUT2D eigenvalue weighted by Gasteiger charge is -2.05. The van der Waals surface area contributed by atoms with Crippen molar-refractivity contribution in [3.63, 3.8) is 0 Å². The number of aromatic nitrogens is 2. The molecule has 0 saturated carbocycles. The SMILES string of the molecule is COc1ccc(-c2cc(C(=O)O)nc(SC)n2)cc1. The second-order valence-corrected chi connectivity index (χ2v) is 4.43. The van der Waals surface area contributed by atoms with E-state index >= 15 is 0 Å². The predicted octanol–water partition coefficient (Wildman–Crippen LogP) is 2.57. The first-order chi connectivity index (χ1) is 9.13. The monoisotopic (exact) mass is 276 g/mol. The maximum Gasteiger partial charge on any atom is 0.354 e. The van der Waals surface area contributed by atoms with Crippen molar-refractivity contribution in [2.75, 3.05) is 13.4 Å². The highest BCUT2D eigenvalue weighted by Crippen LogP contribution is 2.23. The Morgan fingerprint density at radius 1 is 1.26 bits per heavy atom. The van der Waals surface area contributed by atoms with Crippen LogP contribution in [0.15, 0.2) is 35.5 Å². The van der Waals surface area contributed by atoms with Crippen molar-refractivity contribution in [3.05, 3.63) is 36.0 Å². The molecule has 5 nitrogen and oxygen atoms in total. The van der Waals surface area contributed by atoms with Crippen LogP contribution >= 0.6 is 11.8 Å². The summed E-state index contributed by atoms with van der Waals surface area (Å²) in [7, 11) is 1.59. The summed E-state index contributed by atoms with van der Waals surface area (Å²) in [5.41, 5.74) is 1.39. The zero-order valence-corrected chi connectivity index (χ0v) is 11.3. The summed E-state index contributed by atoms with van der Waals surface area (Å²) in [5.74, 6) is -0.325. The van der Waals surface area contributed by atoms with Crippen LogP contribution in [0.25, 0.3) is 11.3 Å². The molecule has 1 N–H and O–H groups in total. The van der Waals surface area contributed by atoms with Crippen LogP contribution < -0.4 is 4.74 Å². The maximum absolute atomic E-state index is 11.0. The van der Waals surface area contributed by atoms with Crippen LogP contribution in [0.4, 0.5) is 0 Å². The van der Waals surface area contributed by atoms with Gasteiger partial charge in [0.15, 0.2) is 10.9 Å². The van der Waals surface area contributed by atoms with Gasteiger partial charge in [-0.1, -0.05) is 11.8 Å². The van der Waals surface area contributed by atoms with Crippen LogP contribution in [0, 0.1) is 0 Å². The van der Waals surface area contributed by atoms with Gasteiger partial charge in [0.05, 0.1) is 12.8 Å². The van der Waals surface area contributed by atoms with Gasteiger partial charge in [-0.3, -0.25) is 0 Å². The summed E-state index contributed by atoms with van der Waals surface area (Å²) < 4.78 is 5.08. The van der Waals surface area contributed by atoms with Crippen molar-refractivity contribution >= 4 is 17.7 Å². The van der Waals surface area contributed by atoms with Crippen molar-refractivity contribution < 1.29 is 14.6 Å². The van der Waals surface area contributed by atoms with E-state index in [1.807, 2.05) is 12.1 Å². The summed E-state index contributed by atoms with van der Waals surface area (Å²) in [5, 5.41) is 9.47. The molecule has 0 atom stereocenters. The second kappa shape index (κ2) is 5.71. The molecule has 98 valence electrons. The number of ether oxygens (including phenoxy) is 1. The second-order valence-electron chi connectivity index (χ2n) is 3.66. The van der Waals surface area contributed by atoms with Gasteiger partial charge in [0.2, 0.25) is 0 Å². The molecule has 19 heavy (non-hydrogen) atoms. The quantitative estimate of drug-likeness (QED) is 0.683. The first kappa shape index (κ1) is 13.4. The molecule has 1 aromatic heterocycles. The largest absolute Gasteiger partial charge is 0.497 e. The van der Waals surface area contributed by atoms with E-state index in [1.54, 1.807) is 25.5 Å². The number of benzene rings is 1. The van der Waals surface area contributed by atoms with Gasteiger partial charge >= 0.3 is 5.97 Å². The van der Waals surface area contributed by atoms with Crippen LogP contribution in [0.5, 0.6) is 5.75 Å². The molecule has 6 heteroatoms. The highest BCUT2D eigenvalue weighted by Gasteiger charge is 2.11. The van der Waals surface area contributed by atoms with Gasteiger partial charge in [0, 0.05) is 5.56 Å². The van der Waals surface area contributed by atoms with Crippen LogP contribution in [0.3, 0.4) is 0 Å². The number of carboxylic acid groups (broad SMARTS) is 1. The fourth-order valence-corrected chi connectivity index (χ4v) is 1.91. The summed E-state index contributed by atoms with van der Waals surface area (Å²) in [4.78, 5) is 19.3. The average molecular weight is 276 g/mol. The zero-order valence-electron chi connectivity index (χ0n) is 10.5. The Balaban J connectivity index is 2.47. The Hall–Kier alpha value is -2.08. The molecule has 0 unspecified atom stereocenters. The lowest BCUT2D eigenvalue weighted by atomic mass is 10.1. The maximum atomic E-state index is 11.0. The van der Waals surface area contributed by atoms with Crippen molar-refractivity contribution in [1.82, 2.24) is 9.97 Å². The normalized spacial score (nSPS) is 10.2. The number of aromatic carboxylic acids is 1. The number of nitrogens with zero attached hydrogens (tertiary/aromatic N) is 2. The molecule has 1 aromatic carbocycles. The molecule has 0 fully saturated rings. The van der Waals surface area contributed by atoms with Gasteiger partial charge in [-0.25, -0.2) is 14.8 Å². The van der Waals surface area contributed by atoms with E-state index in [-0.39, 0.29) is 5.69 Å². The zero-order chi connectivity index (χ0) is 13.8. The lowest BCUT2D eigenvalue weighted by Crippen LogP contribution is -2.03. The van der Waals surface area contributed by atoms with E-state index in [0.29, 0.717) is 10.9 Å². The highest BCUT2D eigenvalue weighted by molar-refractivity contribution is 7.98. The molecule has 0 saturated heterocycles. The third-order valence-corrected chi connectivity index (χ3v) is 3.04. The van der Waals surface area contributed by atoms with E-state index < -0.39 is 5.97 Å². The molecule has 0 spiro atoms. The van der Waals surface area contributed by atoms with E-state index in [1.165, 1.54) is 17.8 Å². The summed E-state index contributed by atoms with van der Waals surface area (Å²) in [6, 6.07) is 8.73. The van der Waals surface area contributed by atoms with E-state index in [2.05, 4.69) is 9.97 Å². The van der Waals surface area contributed by atoms with Crippen molar-refractivity contribution in [3.8, 4) is 17.0 Å². The first-order valence-corrected chi connectivity index (χ1v) is 6.67. The lowest BCUT2D eigenvalue weighted by molar-refractivity contribution is 0.0689. The molecular formula is C13H12N2O3S. The fourth-order valence-electron chi connectivity index (χ4n) is 1.54. The number of methoxy groups -OCH3 is 1. The smallest absolute Gasteiger partial charge is 0.354 e. The van der Waals surface area contributed by atoms with Crippen LogP contribution in [-0.2, 0) is 0 Å². The molecular weight excluding hydrogens is 264 g/mol. The summed E-state index contributed by atoms with van der Waals surface area (Å²) >= 11 is 1.31. The minimum atomic E-state index is -1.06. The van der Waals surface area contributed by atoms with E-state index in [9.17, 15) is 4.79 Å². The molecule has 1 heterocycles. The standard InChI is InChI=1S/C13H12N2O3S/c1-18-9-5-3-8(4-6-9)10-7-11(12(16)17)15-13(14-10)19-2/h3-7H,1-2H3,(H,16,17). The molecule has 0 amide bonds. The minimum Gasteiger partial charge on any atom is -0.497 e. The van der Waals surface area contributed by atoms with Crippen molar-refractivity contribution in [2.45, 2.75) is 5.16 Å². The number of hydrogen-bond donors (Lipinski definition) is 1. The molecule has 0 aliphatic heterocycles. The van der Waals surface area contributed by atoms with Crippen LogP contribution in [0.1, 0.15) is 10.5 Å². The molecule has 0 bridgehead atoms. The number of hydrogen-bond acceptors (Lipinski definition) is 5. The third kappa shape index (κ3) is 3.03. The topological polar surface area (TPSA) is 72.3 Å². The van der Waals surface area contributed by atoms with Gasteiger partial charge < -0.3 is 9.84 Å². The van der Waals surface area contributed by atoms with Crippen molar-refractivity contribution in [1.29, 1.82) is 0 Å². The van der Waals surface area contributed by atoms with Gasteiger partial charge in [0.1, 0.15) is 5.75 Å². The molecule has 0 aliphatic rings. The predicted molar refractivity (Wildman–Crippen MR) is 72.8 cm³/mol. The van der Waals surface area contributed by atoms with Crippen LogP contribution in [0.2, 0.25) is 0 Å². The molecule has 0 radical (unpaired) electrons. The number of thioether (sulfide) groups is 1. The summed E-state index contributed by atoms with van der Waals surface area (Å²) in [6.45, 7) is 0. The molecule has 2 aromatic rings. The summed E-state index contributed by atoms with van der Waals surface area (Å²) in [6.07, 6.45) is 1.80. The molecule has 2 rings (SSSR count). The Morgan fingerprint density at radius 3 is 2.47 bits per heavy atom. The Kier molecular flexibility index (Phi) is 4.01. The van der Waals surface area contributed by atoms with Crippen molar-refractivity contribution in [2.24, 2.45) is 0 Å². The van der Waals surface area contributed by atoms with E-state index in [0.717, 1.165) is 11.3 Å². The van der Waals surface area contributed by atoms with Gasteiger partial charge in [-0.15, -0.1) is 0 Å². The Morgan fingerprint density at radius 2 is 1.95 bits per heavy atom. The molecule has 0 aliphatic carbocycles. The number of rotatable bonds is 4. The Bertz CT molecular complexity index is 599. The van der Waals surface area contributed by atoms with Gasteiger partial charge in [0.25, 0.3) is 0 Å². The number of carboxylic acids is 1.